The van der Waals surface area contributed by atoms with Crippen molar-refractivity contribution in [2.45, 2.75) is 39.8 Å². The van der Waals surface area contributed by atoms with Gasteiger partial charge in [0.1, 0.15) is 5.75 Å². The summed E-state index contributed by atoms with van der Waals surface area (Å²) in [7, 11) is 1.64. The number of nitrogens with one attached hydrogen (secondary N) is 1. The molecule has 3 heterocycles. The number of pyridine rings is 1. The lowest BCUT2D eigenvalue weighted by molar-refractivity contribution is -0.121. The van der Waals surface area contributed by atoms with Crippen LogP contribution in [-0.2, 0) is 17.9 Å². The predicted octanol–water partition coefficient (Wildman–Crippen LogP) is 3.94. The summed E-state index contributed by atoms with van der Waals surface area (Å²) in [5.41, 5.74) is 4.01. The molecule has 31 heavy (non-hydrogen) atoms. The Hall–Kier alpha value is -3.61. The van der Waals surface area contributed by atoms with Crippen LogP contribution in [0.5, 0.6) is 5.75 Å². The van der Waals surface area contributed by atoms with E-state index in [1.54, 1.807) is 7.11 Å². The molecule has 0 unspecified atom stereocenters. The normalized spacial score (nSPS) is 11.1. The zero-order chi connectivity index (χ0) is 21.8. The number of fused-ring (bicyclic) bond motifs is 1. The number of ether oxygens (including phenoxy) is 1. The Labute approximate surface area is 181 Å². The van der Waals surface area contributed by atoms with E-state index in [-0.39, 0.29) is 5.91 Å². The van der Waals surface area contributed by atoms with Gasteiger partial charge in [-0.05, 0) is 61.7 Å². The van der Waals surface area contributed by atoms with Crippen LogP contribution in [0.15, 0.2) is 54.9 Å². The third-order valence-electron chi connectivity index (χ3n) is 5.28. The third kappa shape index (κ3) is 4.60. The second-order valence-electron chi connectivity index (χ2n) is 7.64. The highest BCUT2D eigenvalue weighted by Crippen LogP contribution is 2.25. The number of carbonyl (C=O) groups excluding carboxylic acids is 1. The maximum absolute atomic E-state index is 12.3. The van der Waals surface area contributed by atoms with Crippen molar-refractivity contribution in [3.05, 3.63) is 71.7 Å². The summed E-state index contributed by atoms with van der Waals surface area (Å²) in [6, 6.07) is 13.7. The van der Waals surface area contributed by atoms with Crippen LogP contribution in [-0.4, -0.2) is 32.3 Å². The minimum atomic E-state index is 0.0261. The first-order valence-electron chi connectivity index (χ1n) is 10.4. The van der Waals surface area contributed by atoms with Crippen LogP contribution in [0.3, 0.4) is 0 Å². The van der Waals surface area contributed by atoms with Crippen molar-refractivity contribution in [1.29, 1.82) is 0 Å². The lowest BCUT2D eigenvalue weighted by Gasteiger charge is -2.07. The molecule has 4 aromatic rings. The molecule has 7 heteroatoms. The fourth-order valence-corrected chi connectivity index (χ4v) is 3.73. The highest BCUT2D eigenvalue weighted by atomic mass is 16.5. The van der Waals surface area contributed by atoms with Crippen molar-refractivity contribution in [3.8, 4) is 11.6 Å². The molecule has 0 bridgehead atoms. The molecule has 7 nitrogen and oxygen atoms in total. The summed E-state index contributed by atoms with van der Waals surface area (Å²) < 4.78 is 9.08. The largest absolute Gasteiger partial charge is 0.497 e. The Kier molecular flexibility index (Phi) is 6.02. The number of carbonyl (C=O) groups is 1. The molecule has 0 aliphatic heterocycles. The number of aromatic nitrogens is 4. The molecule has 0 saturated heterocycles. The number of benzene rings is 1. The molecule has 160 valence electrons. The highest BCUT2D eigenvalue weighted by molar-refractivity contribution is 5.87. The van der Waals surface area contributed by atoms with Crippen LogP contribution >= 0.6 is 0 Å². The van der Waals surface area contributed by atoms with Gasteiger partial charge in [0.25, 0.3) is 0 Å². The van der Waals surface area contributed by atoms with E-state index in [1.807, 2.05) is 65.0 Å². The average molecular weight is 418 g/mol. The molecule has 0 spiro atoms. The molecule has 3 aromatic heterocycles. The van der Waals surface area contributed by atoms with Crippen LogP contribution in [0.1, 0.15) is 29.7 Å². The topological polar surface area (TPSA) is 74.0 Å². The summed E-state index contributed by atoms with van der Waals surface area (Å²) in [6.07, 6.45) is 5.09. The first-order valence-corrected chi connectivity index (χ1v) is 10.4. The average Bonchev–Trinajstić information content (AvgIpc) is 3.41. The van der Waals surface area contributed by atoms with Gasteiger partial charge in [0.05, 0.1) is 12.5 Å². The van der Waals surface area contributed by atoms with Crippen LogP contribution in [0, 0.1) is 13.8 Å². The zero-order valence-corrected chi connectivity index (χ0v) is 18.1. The molecule has 4 rings (SSSR count). The fraction of sp³-hybridized carbons (Fsp3) is 0.292. The smallest absolute Gasteiger partial charge is 0.220 e. The van der Waals surface area contributed by atoms with Crippen LogP contribution in [0.25, 0.3) is 16.9 Å². The number of hydrogen-bond donors (Lipinski definition) is 1. The quantitative estimate of drug-likeness (QED) is 0.471. The van der Waals surface area contributed by atoms with Crippen molar-refractivity contribution >= 4 is 16.9 Å². The van der Waals surface area contributed by atoms with Gasteiger partial charge in [0.2, 0.25) is 5.91 Å². The number of nitrogens with zero attached hydrogens (tertiary/aromatic N) is 4. The van der Waals surface area contributed by atoms with Crippen molar-refractivity contribution in [2.75, 3.05) is 7.11 Å². The minimum Gasteiger partial charge on any atom is -0.497 e. The zero-order valence-electron chi connectivity index (χ0n) is 18.1. The van der Waals surface area contributed by atoms with E-state index in [9.17, 15) is 4.79 Å². The van der Waals surface area contributed by atoms with Crippen molar-refractivity contribution in [3.63, 3.8) is 0 Å². The summed E-state index contributed by atoms with van der Waals surface area (Å²) in [5.74, 6) is 1.70. The van der Waals surface area contributed by atoms with Crippen molar-refractivity contribution in [2.24, 2.45) is 0 Å². The fourth-order valence-electron chi connectivity index (χ4n) is 3.73. The Balaban J connectivity index is 1.41. The van der Waals surface area contributed by atoms with Gasteiger partial charge in [-0.2, -0.15) is 5.10 Å². The lowest BCUT2D eigenvalue weighted by atomic mass is 10.2. The van der Waals surface area contributed by atoms with Crippen molar-refractivity contribution in [1.82, 2.24) is 24.6 Å². The molecule has 1 N–H and O–H groups in total. The van der Waals surface area contributed by atoms with Crippen LogP contribution < -0.4 is 10.1 Å². The number of methoxy groups -OCH3 is 1. The van der Waals surface area contributed by atoms with Crippen LogP contribution in [0.4, 0.5) is 0 Å². The maximum atomic E-state index is 12.3. The van der Waals surface area contributed by atoms with E-state index in [2.05, 4.69) is 18.3 Å². The summed E-state index contributed by atoms with van der Waals surface area (Å²) in [6.45, 7) is 5.21. The van der Waals surface area contributed by atoms with E-state index in [0.29, 0.717) is 25.9 Å². The van der Waals surface area contributed by atoms with Gasteiger partial charge in [-0.1, -0.05) is 12.1 Å². The summed E-state index contributed by atoms with van der Waals surface area (Å²) in [5, 5.41) is 8.84. The standard InChI is InChI=1S/C24H27N5O2/c1-17-15-18(2)26-23-22(17)24(28-12-4-5-13-28)27-29(23)14-6-7-21(30)25-16-19-8-10-20(31-3)11-9-19/h4-5,8-13,15H,6-7,14,16H2,1-3H3,(H,25,30). The third-order valence-corrected chi connectivity index (χ3v) is 5.28. The Bertz CT molecular complexity index is 1180. The van der Waals surface area contributed by atoms with Gasteiger partial charge < -0.3 is 14.6 Å². The van der Waals surface area contributed by atoms with Gasteiger partial charge in [-0.3, -0.25) is 4.79 Å². The first-order chi connectivity index (χ1) is 15.0. The molecule has 0 aliphatic rings. The van der Waals surface area contributed by atoms with Gasteiger partial charge in [-0.25, -0.2) is 9.67 Å². The lowest BCUT2D eigenvalue weighted by Crippen LogP contribution is -2.22. The van der Waals surface area contributed by atoms with Crippen LogP contribution in [0.2, 0.25) is 0 Å². The van der Waals surface area contributed by atoms with Crippen molar-refractivity contribution < 1.29 is 9.53 Å². The number of rotatable bonds is 8. The second-order valence-corrected chi connectivity index (χ2v) is 7.64. The molecular weight excluding hydrogens is 390 g/mol. The SMILES string of the molecule is COc1ccc(CNC(=O)CCCn2nc(-n3cccc3)c3c(C)cc(C)nc32)cc1. The van der Waals surface area contributed by atoms with E-state index in [1.165, 1.54) is 0 Å². The number of hydrogen-bond acceptors (Lipinski definition) is 4. The molecule has 0 fully saturated rings. The molecular formula is C24H27N5O2. The first kappa shape index (κ1) is 20.7. The molecule has 0 aliphatic carbocycles. The molecule has 1 aromatic carbocycles. The summed E-state index contributed by atoms with van der Waals surface area (Å²) in [4.78, 5) is 17.0. The van der Waals surface area contributed by atoms with Gasteiger partial charge >= 0.3 is 0 Å². The van der Waals surface area contributed by atoms with E-state index in [0.717, 1.165) is 39.4 Å². The Morgan fingerprint density at radius 2 is 1.87 bits per heavy atom. The molecule has 0 atom stereocenters. The van der Waals surface area contributed by atoms with Gasteiger partial charge in [0, 0.05) is 37.6 Å². The molecule has 1 amide bonds. The predicted molar refractivity (Wildman–Crippen MR) is 120 cm³/mol. The Morgan fingerprint density at radius 1 is 1.13 bits per heavy atom. The maximum Gasteiger partial charge on any atom is 0.220 e. The number of aryl methyl sites for hydroxylation is 3. The van der Waals surface area contributed by atoms with E-state index < -0.39 is 0 Å². The monoisotopic (exact) mass is 417 g/mol. The van der Waals surface area contributed by atoms with E-state index >= 15 is 0 Å². The van der Waals surface area contributed by atoms with Gasteiger partial charge in [-0.15, -0.1) is 0 Å². The minimum absolute atomic E-state index is 0.0261. The molecule has 0 saturated carbocycles. The van der Waals surface area contributed by atoms with E-state index in [4.69, 9.17) is 14.8 Å². The molecule has 0 radical (unpaired) electrons. The number of amides is 1. The summed E-state index contributed by atoms with van der Waals surface area (Å²) >= 11 is 0. The second kappa shape index (κ2) is 9.04. The Morgan fingerprint density at radius 3 is 2.58 bits per heavy atom. The highest BCUT2D eigenvalue weighted by Gasteiger charge is 2.16. The van der Waals surface area contributed by atoms with Gasteiger partial charge in [0.15, 0.2) is 11.5 Å².